The number of amides is 1. The highest BCUT2D eigenvalue weighted by molar-refractivity contribution is 5.67. The van der Waals surface area contributed by atoms with E-state index in [4.69, 9.17) is 9.47 Å². The summed E-state index contributed by atoms with van der Waals surface area (Å²) >= 11 is 0. The van der Waals surface area contributed by atoms with Gasteiger partial charge in [-0.2, -0.15) is 0 Å². The highest BCUT2D eigenvalue weighted by Gasteiger charge is 2.19. The summed E-state index contributed by atoms with van der Waals surface area (Å²) in [6.45, 7) is 11.2. The number of nitrogens with one attached hydrogen (secondary N) is 2. The smallest absolute Gasteiger partial charge is 0.407 e. The first-order valence-electron chi connectivity index (χ1n) is 8.06. The van der Waals surface area contributed by atoms with Gasteiger partial charge in [-0.1, -0.05) is 19.9 Å². The zero-order chi connectivity index (χ0) is 17.5. The van der Waals surface area contributed by atoms with Gasteiger partial charge in [0.2, 0.25) is 0 Å². The Bertz CT molecular complexity index is 495. The number of rotatable bonds is 7. The third-order valence-corrected chi connectivity index (χ3v) is 3.49. The fourth-order valence-electron chi connectivity index (χ4n) is 2.05. The van der Waals surface area contributed by atoms with Crippen LogP contribution in [0.1, 0.15) is 34.6 Å². The summed E-state index contributed by atoms with van der Waals surface area (Å²) in [5.74, 6) is 1.56. The van der Waals surface area contributed by atoms with Gasteiger partial charge in [0.1, 0.15) is 11.4 Å². The van der Waals surface area contributed by atoms with E-state index >= 15 is 0 Å². The maximum atomic E-state index is 11.8. The van der Waals surface area contributed by atoms with Crippen molar-refractivity contribution >= 4 is 11.8 Å². The first-order valence-corrected chi connectivity index (χ1v) is 8.06. The molecular formula is C18H30N2O3. The van der Waals surface area contributed by atoms with Crippen LogP contribution >= 0.6 is 0 Å². The number of anilines is 1. The fraction of sp³-hybridized carbons (Fsp3) is 0.611. The monoisotopic (exact) mass is 322 g/mol. The van der Waals surface area contributed by atoms with Gasteiger partial charge in [0.05, 0.1) is 7.11 Å². The van der Waals surface area contributed by atoms with Crippen LogP contribution in [0.5, 0.6) is 5.75 Å². The maximum absolute atomic E-state index is 11.8. The molecule has 130 valence electrons. The molecule has 5 nitrogen and oxygen atoms in total. The lowest BCUT2D eigenvalue weighted by Crippen LogP contribution is -2.38. The molecule has 0 radical (unpaired) electrons. The first kappa shape index (κ1) is 19.1. The lowest BCUT2D eigenvalue weighted by molar-refractivity contribution is 0.0516. The zero-order valence-corrected chi connectivity index (χ0v) is 15.1. The van der Waals surface area contributed by atoms with E-state index in [0.717, 1.165) is 18.0 Å². The van der Waals surface area contributed by atoms with Crippen LogP contribution in [0.2, 0.25) is 0 Å². The molecule has 1 aromatic rings. The molecule has 1 aromatic carbocycles. The molecule has 1 rings (SSSR count). The number of methoxy groups -OCH3 is 1. The van der Waals surface area contributed by atoms with Crippen molar-refractivity contribution in [2.45, 2.75) is 40.2 Å². The van der Waals surface area contributed by atoms with Crippen LogP contribution in [0.3, 0.4) is 0 Å². The number of ether oxygens (including phenoxy) is 2. The topological polar surface area (TPSA) is 59.6 Å². The lowest BCUT2D eigenvalue weighted by Gasteiger charge is -2.24. The summed E-state index contributed by atoms with van der Waals surface area (Å²) < 4.78 is 10.5. The van der Waals surface area contributed by atoms with E-state index in [2.05, 4.69) is 24.5 Å². The quantitative estimate of drug-likeness (QED) is 0.799. The van der Waals surface area contributed by atoms with Crippen LogP contribution in [0.15, 0.2) is 24.3 Å². The summed E-state index contributed by atoms with van der Waals surface area (Å²) in [5.41, 5.74) is 0.531. The number of carbonyl (C=O) groups is 1. The third kappa shape index (κ3) is 7.77. The average Bonchev–Trinajstić information content (AvgIpc) is 2.45. The molecule has 0 saturated heterocycles. The molecule has 1 atom stereocenters. The Morgan fingerprint density at radius 3 is 2.48 bits per heavy atom. The molecule has 1 unspecified atom stereocenters. The van der Waals surface area contributed by atoms with E-state index in [-0.39, 0.29) is 6.09 Å². The molecule has 0 heterocycles. The van der Waals surface area contributed by atoms with E-state index in [1.54, 1.807) is 7.11 Å². The van der Waals surface area contributed by atoms with E-state index in [0.29, 0.717) is 18.4 Å². The number of benzene rings is 1. The van der Waals surface area contributed by atoms with E-state index in [1.807, 2.05) is 45.0 Å². The Kier molecular flexibility index (Phi) is 7.20. The van der Waals surface area contributed by atoms with Gasteiger partial charge in [-0.25, -0.2) is 4.79 Å². The maximum Gasteiger partial charge on any atom is 0.407 e. The summed E-state index contributed by atoms with van der Waals surface area (Å²) in [4.78, 5) is 11.8. The minimum Gasteiger partial charge on any atom is -0.497 e. The normalized spacial score (nSPS) is 12.7. The van der Waals surface area contributed by atoms with Gasteiger partial charge >= 0.3 is 6.09 Å². The highest BCUT2D eigenvalue weighted by atomic mass is 16.6. The van der Waals surface area contributed by atoms with Crippen LogP contribution in [0.4, 0.5) is 10.5 Å². The second kappa shape index (κ2) is 8.65. The summed E-state index contributed by atoms with van der Waals surface area (Å²) in [5, 5.41) is 6.25. The summed E-state index contributed by atoms with van der Waals surface area (Å²) in [6.07, 6.45) is -0.371. The van der Waals surface area contributed by atoms with Gasteiger partial charge in [-0.3, -0.25) is 0 Å². The fourth-order valence-corrected chi connectivity index (χ4v) is 2.05. The Morgan fingerprint density at radius 1 is 1.22 bits per heavy atom. The van der Waals surface area contributed by atoms with Crippen LogP contribution < -0.4 is 15.4 Å². The average molecular weight is 322 g/mol. The van der Waals surface area contributed by atoms with Gasteiger partial charge in [0.25, 0.3) is 0 Å². The number of carbonyl (C=O) groups excluding carboxylic acids is 1. The highest BCUT2D eigenvalue weighted by Crippen LogP contribution is 2.18. The van der Waals surface area contributed by atoms with Crippen molar-refractivity contribution in [1.82, 2.24) is 5.32 Å². The minimum absolute atomic E-state index is 0.300. The predicted octanol–water partition coefficient (Wildman–Crippen LogP) is 3.90. The number of alkyl carbamates (subject to hydrolysis) is 1. The van der Waals surface area contributed by atoms with Crippen LogP contribution in [0, 0.1) is 11.8 Å². The van der Waals surface area contributed by atoms with Crippen molar-refractivity contribution in [3.05, 3.63) is 24.3 Å². The molecular weight excluding hydrogens is 292 g/mol. The van der Waals surface area contributed by atoms with E-state index in [1.165, 1.54) is 0 Å². The molecule has 0 aromatic heterocycles. The Morgan fingerprint density at radius 2 is 1.91 bits per heavy atom. The largest absolute Gasteiger partial charge is 0.497 e. The molecule has 0 aliphatic carbocycles. The van der Waals surface area contributed by atoms with Gasteiger partial charge in [0.15, 0.2) is 0 Å². The standard InChI is InChI=1S/C18H30N2O3/c1-13(2)14(12-20-17(21)23-18(3,4)5)11-19-15-8-7-9-16(10-15)22-6/h7-10,13-14,19H,11-12H2,1-6H3,(H,20,21). The van der Waals surface area contributed by atoms with Gasteiger partial charge < -0.3 is 20.1 Å². The molecule has 1 amide bonds. The Labute approximate surface area is 139 Å². The molecule has 0 fully saturated rings. The SMILES string of the molecule is COc1cccc(NCC(CNC(=O)OC(C)(C)C)C(C)C)c1. The Balaban J connectivity index is 2.50. The molecule has 0 spiro atoms. The van der Waals surface area contributed by atoms with Gasteiger partial charge in [-0.15, -0.1) is 0 Å². The second-order valence-electron chi connectivity index (χ2n) is 7.00. The third-order valence-electron chi connectivity index (χ3n) is 3.49. The summed E-state index contributed by atoms with van der Waals surface area (Å²) in [6, 6.07) is 7.82. The van der Waals surface area contributed by atoms with Crippen molar-refractivity contribution in [2.24, 2.45) is 11.8 Å². The molecule has 0 aliphatic rings. The van der Waals surface area contributed by atoms with Crippen LogP contribution in [-0.2, 0) is 4.74 Å². The van der Waals surface area contributed by atoms with Crippen molar-refractivity contribution < 1.29 is 14.3 Å². The molecule has 0 saturated carbocycles. The van der Waals surface area contributed by atoms with E-state index in [9.17, 15) is 4.79 Å². The van der Waals surface area contributed by atoms with Crippen LogP contribution in [0.25, 0.3) is 0 Å². The minimum atomic E-state index is -0.476. The van der Waals surface area contributed by atoms with Crippen molar-refractivity contribution in [2.75, 3.05) is 25.5 Å². The van der Waals surface area contributed by atoms with Crippen molar-refractivity contribution in [1.29, 1.82) is 0 Å². The molecule has 0 bridgehead atoms. The second-order valence-corrected chi connectivity index (χ2v) is 7.00. The van der Waals surface area contributed by atoms with Gasteiger partial charge in [0, 0.05) is 24.8 Å². The number of hydrogen-bond donors (Lipinski definition) is 2. The van der Waals surface area contributed by atoms with E-state index < -0.39 is 5.60 Å². The van der Waals surface area contributed by atoms with Crippen LogP contribution in [-0.4, -0.2) is 31.9 Å². The van der Waals surface area contributed by atoms with Crippen molar-refractivity contribution in [3.8, 4) is 5.75 Å². The lowest BCUT2D eigenvalue weighted by atomic mass is 9.95. The van der Waals surface area contributed by atoms with Gasteiger partial charge in [-0.05, 0) is 44.7 Å². The summed E-state index contributed by atoms with van der Waals surface area (Å²) in [7, 11) is 1.65. The molecule has 2 N–H and O–H groups in total. The first-order chi connectivity index (χ1) is 10.7. The van der Waals surface area contributed by atoms with Crippen molar-refractivity contribution in [3.63, 3.8) is 0 Å². The molecule has 0 aliphatic heterocycles. The number of hydrogen-bond acceptors (Lipinski definition) is 4. The molecule has 5 heteroatoms. The molecule has 23 heavy (non-hydrogen) atoms. The Hall–Kier alpha value is -1.91. The zero-order valence-electron chi connectivity index (χ0n) is 15.1. The predicted molar refractivity (Wildman–Crippen MR) is 94.0 cm³/mol.